The van der Waals surface area contributed by atoms with Crippen LogP contribution in [0, 0.1) is 0 Å². The van der Waals surface area contributed by atoms with Crippen LogP contribution >= 0.6 is 0 Å². The molecule has 12 aromatic carbocycles. The largest absolute Gasteiger partial charge is 0.310 e. The van der Waals surface area contributed by atoms with Crippen molar-refractivity contribution in [3.05, 3.63) is 233 Å². The maximum atomic E-state index is 2.74. The summed E-state index contributed by atoms with van der Waals surface area (Å²) in [6, 6.07) is 76.9. The normalized spacial score (nSPS) is 14.1. The van der Waals surface area contributed by atoms with E-state index >= 15 is 0 Å². The number of nitrogens with zero attached hydrogens (tertiary/aromatic N) is 4. The van der Waals surface area contributed by atoms with Gasteiger partial charge in [0.15, 0.2) is 0 Å². The van der Waals surface area contributed by atoms with Gasteiger partial charge in [0.25, 0.3) is 6.71 Å². The maximum Gasteiger partial charge on any atom is 0.252 e. The molecular formula is C100H103BN4. The van der Waals surface area contributed by atoms with Gasteiger partial charge in [0.05, 0.1) is 44.5 Å². The Morgan fingerprint density at radius 1 is 0.229 bits per heavy atom. The van der Waals surface area contributed by atoms with Crippen molar-refractivity contribution >= 4 is 132 Å². The Hall–Kier alpha value is -9.58. The summed E-state index contributed by atoms with van der Waals surface area (Å²) in [5, 5.41) is 15.2. The van der Waals surface area contributed by atoms with E-state index in [-0.39, 0.29) is 50.0 Å². The molecule has 6 heterocycles. The molecule has 0 N–H and O–H groups in total. The van der Waals surface area contributed by atoms with Gasteiger partial charge >= 0.3 is 0 Å². The maximum absolute atomic E-state index is 2.74. The fraction of sp³-hybridized carbons (Fsp3) is 0.320. The monoisotopic (exact) mass is 1370 g/mol. The van der Waals surface area contributed by atoms with Gasteiger partial charge in [-0.1, -0.05) is 239 Å². The van der Waals surface area contributed by atoms with Gasteiger partial charge in [-0.05, 0) is 236 Å². The highest BCUT2D eigenvalue weighted by Gasteiger charge is 2.44. The number of aromatic nitrogens is 4. The Morgan fingerprint density at radius 2 is 0.486 bits per heavy atom. The van der Waals surface area contributed by atoms with Crippen LogP contribution in [0.2, 0.25) is 0 Å². The fourth-order valence-corrected chi connectivity index (χ4v) is 18.3. The Bertz CT molecular complexity index is 5990. The second kappa shape index (κ2) is 21.6. The van der Waals surface area contributed by atoms with E-state index in [0.29, 0.717) is 0 Å². The average molecular weight is 1370 g/mol. The van der Waals surface area contributed by atoms with Crippen molar-refractivity contribution in [2.24, 2.45) is 0 Å². The second-order valence-electron chi connectivity index (χ2n) is 40.0. The van der Waals surface area contributed by atoms with Crippen LogP contribution in [0.5, 0.6) is 0 Å². The molecular weight excluding hydrogens is 1270 g/mol. The third-order valence-electron chi connectivity index (χ3n) is 24.5. The predicted octanol–water partition coefficient (Wildman–Crippen LogP) is 25.6. The molecule has 526 valence electrons. The van der Waals surface area contributed by atoms with Crippen molar-refractivity contribution in [1.82, 2.24) is 18.3 Å². The van der Waals surface area contributed by atoms with Gasteiger partial charge in [0.1, 0.15) is 0 Å². The molecule has 0 radical (unpaired) electrons. The SMILES string of the molecule is CC(C)(C)c1ccc2c(c1)c1cc(C(C)(C)C)ccc1n2-c1cccc2cc3cccc(-n4c5ccc(C(C)(C)C)cc5c5cc(C(C)(C)C)ccc54)c3c(-c3cc4c5c(c3)-n3c6ccc(C(C)(C)C)cc6c6cc(C(C)(C)C)cc(c63)B5c3cc(C(C)(C)C)cc5c6cc(C(C)(C)C)ccc6n-4c35)c12. The van der Waals surface area contributed by atoms with E-state index in [9.17, 15) is 0 Å². The zero-order chi connectivity index (χ0) is 74.2. The summed E-state index contributed by atoms with van der Waals surface area (Å²) in [4.78, 5) is 0. The van der Waals surface area contributed by atoms with Crippen LogP contribution in [0.4, 0.5) is 0 Å². The molecule has 2 aliphatic rings. The number of rotatable bonds is 3. The lowest BCUT2D eigenvalue weighted by Crippen LogP contribution is -2.59. The summed E-state index contributed by atoms with van der Waals surface area (Å²) in [6.07, 6.45) is 0. The van der Waals surface area contributed by atoms with Crippen molar-refractivity contribution in [3.8, 4) is 33.9 Å². The molecule has 105 heavy (non-hydrogen) atoms. The van der Waals surface area contributed by atoms with E-state index < -0.39 is 0 Å². The molecule has 4 nitrogen and oxygen atoms in total. The zero-order valence-electron chi connectivity index (χ0n) is 66.8. The summed E-state index contributed by atoms with van der Waals surface area (Å²) in [5.41, 5.74) is 31.3. The molecule has 18 rings (SSSR count). The summed E-state index contributed by atoms with van der Waals surface area (Å²) in [7, 11) is 0. The van der Waals surface area contributed by atoms with E-state index in [4.69, 9.17) is 0 Å². The van der Waals surface area contributed by atoms with Crippen molar-refractivity contribution in [3.63, 3.8) is 0 Å². The van der Waals surface area contributed by atoms with Gasteiger partial charge in [-0.15, -0.1) is 0 Å². The minimum absolute atomic E-state index is 0.0604. The van der Waals surface area contributed by atoms with Crippen LogP contribution in [-0.4, -0.2) is 25.0 Å². The average Bonchev–Trinajstić information content (AvgIpc) is 1.56. The summed E-state index contributed by atoms with van der Waals surface area (Å²) >= 11 is 0. The van der Waals surface area contributed by atoms with E-state index in [1.807, 2.05) is 0 Å². The first-order valence-corrected chi connectivity index (χ1v) is 38.8. The lowest BCUT2D eigenvalue weighted by Gasteiger charge is -2.36. The van der Waals surface area contributed by atoms with Crippen molar-refractivity contribution in [2.45, 2.75) is 209 Å². The van der Waals surface area contributed by atoms with Crippen LogP contribution < -0.4 is 16.4 Å². The Labute approximate surface area is 622 Å². The smallest absolute Gasteiger partial charge is 0.252 e. The van der Waals surface area contributed by atoms with E-state index in [1.165, 1.54) is 192 Å². The molecule has 0 atom stereocenters. The van der Waals surface area contributed by atoms with Crippen molar-refractivity contribution in [2.75, 3.05) is 0 Å². The third-order valence-corrected chi connectivity index (χ3v) is 24.5. The minimum Gasteiger partial charge on any atom is -0.310 e. The first-order chi connectivity index (χ1) is 49.1. The van der Waals surface area contributed by atoms with Crippen LogP contribution in [-0.2, 0) is 43.3 Å². The number of hydrogen-bond acceptors (Lipinski definition) is 0. The standard InChI is InChI=1S/C100H103BN4/c1-93(2,3)59-31-37-77-67(46-59)68-47-60(94(4,5)6)32-38-78(68)102(77)83-29-25-27-56-43-57-28-26-30-84(103-79-39-33-61(95(7,8)9)48-69(79)70-49-62(96(10,11)12)34-40-80(70)103)88(57)89(87(56)83)58-44-85-90-86(45-58)105-82-42-36-64(98(16,17)18)51-72(82)74-53-66(100(22,23)24)55-76(92(74)105)101(90)75-54-65(99(19,20)21)52-73-71-50-63(97(13,14)15)35-41-81(71)104(85)91(73)75/h25-55H,1-24H3. The van der Waals surface area contributed by atoms with E-state index in [1.54, 1.807) is 0 Å². The van der Waals surface area contributed by atoms with Gasteiger partial charge in [0.2, 0.25) is 0 Å². The second-order valence-corrected chi connectivity index (χ2v) is 40.0. The molecule has 0 spiro atoms. The van der Waals surface area contributed by atoms with E-state index in [2.05, 4.69) is 372 Å². The highest BCUT2D eigenvalue weighted by Crippen LogP contribution is 2.51. The Morgan fingerprint density at radius 3 is 0.762 bits per heavy atom. The quantitative estimate of drug-likeness (QED) is 0.124. The van der Waals surface area contributed by atoms with Crippen LogP contribution in [0.15, 0.2) is 188 Å². The first kappa shape index (κ1) is 67.3. The molecule has 0 fully saturated rings. The molecule has 0 saturated heterocycles. The molecule has 5 heteroatoms. The Kier molecular flexibility index (Phi) is 13.8. The molecule has 2 aliphatic heterocycles. The van der Waals surface area contributed by atoms with Crippen LogP contribution in [0.1, 0.15) is 211 Å². The van der Waals surface area contributed by atoms with Crippen LogP contribution in [0.3, 0.4) is 0 Å². The molecule has 0 aliphatic carbocycles. The number of fused-ring (bicyclic) bond motifs is 18. The van der Waals surface area contributed by atoms with Gasteiger partial charge in [-0.3, -0.25) is 0 Å². The summed E-state index contributed by atoms with van der Waals surface area (Å²) in [6.45, 7) is 56.8. The zero-order valence-corrected chi connectivity index (χ0v) is 66.8. The van der Waals surface area contributed by atoms with Gasteiger partial charge < -0.3 is 18.3 Å². The van der Waals surface area contributed by atoms with Gasteiger partial charge in [-0.25, -0.2) is 0 Å². The summed E-state index contributed by atoms with van der Waals surface area (Å²) < 4.78 is 10.8. The van der Waals surface area contributed by atoms with Crippen molar-refractivity contribution in [1.29, 1.82) is 0 Å². The lowest BCUT2D eigenvalue weighted by molar-refractivity contribution is 0.590. The van der Waals surface area contributed by atoms with Gasteiger partial charge in [-0.2, -0.15) is 0 Å². The molecule has 4 aromatic heterocycles. The fourth-order valence-electron chi connectivity index (χ4n) is 18.3. The highest BCUT2D eigenvalue weighted by atomic mass is 15.0. The molecule has 0 amide bonds. The lowest BCUT2D eigenvalue weighted by atomic mass is 9.33. The molecule has 0 saturated carbocycles. The van der Waals surface area contributed by atoms with Crippen LogP contribution in [0.25, 0.3) is 143 Å². The number of hydrogen-bond donors (Lipinski definition) is 0. The highest BCUT2D eigenvalue weighted by molar-refractivity contribution is 7.00. The minimum atomic E-state index is -0.131. The van der Waals surface area contributed by atoms with E-state index in [0.717, 1.165) is 11.4 Å². The molecule has 0 unspecified atom stereocenters. The molecule has 16 aromatic rings. The topological polar surface area (TPSA) is 19.7 Å². The third kappa shape index (κ3) is 9.97. The van der Waals surface area contributed by atoms with Gasteiger partial charge in [0, 0.05) is 81.8 Å². The van der Waals surface area contributed by atoms with Crippen molar-refractivity contribution < 1.29 is 0 Å². The number of benzene rings is 12. The first-order valence-electron chi connectivity index (χ1n) is 38.8. The Balaban J connectivity index is 1.08. The predicted molar refractivity (Wildman–Crippen MR) is 459 cm³/mol. The molecule has 0 bridgehead atoms. The summed E-state index contributed by atoms with van der Waals surface area (Å²) in [5.74, 6) is 0.